The molecule has 6 heteroatoms. The second-order valence-corrected chi connectivity index (χ2v) is 9.39. The van der Waals surface area contributed by atoms with E-state index in [-0.39, 0.29) is 28.8 Å². The molecule has 0 unspecified atom stereocenters. The molecule has 2 aromatic carbocycles. The van der Waals surface area contributed by atoms with E-state index in [1.165, 1.54) is 10.5 Å². The van der Waals surface area contributed by atoms with Crippen LogP contribution in [0, 0.1) is 5.92 Å². The first-order chi connectivity index (χ1) is 15.1. The SMILES string of the molecule is COc1ccc(C2=C(Nc3ccc(C(C)(C)C)cc3)C(=O)N(CC(C)C)C2=O)cc1OC. The number of benzene rings is 2. The molecule has 0 bridgehead atoms. The van der Waals surface area contributed by atoms with E-state index in [1.807, 2.05) is 38.1 Å². The van der Waals surface area contributed by atoms with Crippen molar-refractivity contribution in [1.29, 1.82) is 0 Å². The van der Waals surface area contributed by atoms with E-state index >= 15 is 0 Å². The second kappa shape index (κ2) is 9.07. The number of rotatable bonds is 7. The number of amides is 2. The summed E-state index contributed by atoms with van der Waals surface area (Å²) in [5, 5.41) is 3.21. The zero-order valence-corrected chi connectivity index (χ0v) is 19.9. The Balaban J connectivity index is 2.07. The summed E-state index contributed by atoms with van der Waals surface area (Å²) < 4.78 is 10.7. The average molecular weight is 437 g/mol. The van der Waals surface area contributed by atoms with Crippen LogP contribution in [0.4, 0.5) is 5.69 Å². The third-order valence-corrected chi connectivity index (χ3v) is 5.41. The minimum atomic E-state index is -0.326. The van der Waals surface area contributed by atoms with Gasteiger partial charge in [0, 0.05) is 12.2 Å². The lowest BCUT2D eigenvalue weighted by Crippen LogP contribution is -2.35. The molecule has 2 amide bonds. The average Bonchev–Trinajstić information content (AvgIpc) is 2.97. The molecular weight excluding hydrogens is 404 g/mol. The van der Waals surface area contributed by atoms with Gasteiger partial charge >= 0.3 is 0 Å². The fourth-order valence-electron chi connectivity index (χ4n) is 3.68. The van der Waals surface area contributed by atoms with Crippen molar-refractivity contribution in [1.82, 2.24) is 4.90 Å². The highest BCUT2D eigenvalue weighted by Gasteiger charge is 2.39. The summed E-state index contributed by atoms with van der Waals surface area (Å²) in [4.78, 5) is 27.9. The van der Waals surface area contributed by atoms with Crippen molar-refractivity contribution in [2.75, 3.05) is 26.1 Å². The van der Waals surface area contributed by atoms with Crippen molar-refractivity contribution in [2.24, 2.45) is 5.92 Å². The molecule has 1 heterocycles. The Morgan fingerprint density at radius 2 is 1.53 bits per heavy atom. The van der Waals surface area contributed by atoms with E-state index in [9.17, 15) is 9.59 Å². The molecule has 0 radical (unpaired) electrons. The van der Waals surface area contributed by atoms with Gasteiger partial charge in [0.15, 0.2) is 11.5 Å². The lowest BCUT2D eigenvalue weighted by Gasteiger charge is -2.19. The van der Waals surface area contributed by atoms with Gasteiger partial charge in [0.05, 0.1) is 19.8 Å². The number of hydrogen-bond donors (Lipinski definition) is 1. The van der Waals surface area contributed by atoms with Crippen LogP contribution in [0.25, 0.3) is 5.57 Å². The Bertz CT molecular complexity index is 1050. The molecule has 0 atom stereocenters. The van der Waals surface area contributed by atoms with Gasteiger partial charge in [-0.25, -0.2) is 0 Å². The van der Waals surface area contributed by atoms with E-state index < -0.39 is 0 Å². The smallest absolute Gasteiger partial charge is 0.278 e. The molecule has 6 nitrogen and oxygen atoms in total. The van der Waals surface area contributed by atoms with Crippen molar-refractivity contribution >= 4 is 23.1 Å². The zero-order valence-electron chi connectivity index (χ0n) is 19.9. The van der Waals surface area contributed by atoms with Crippen LogP contribution in [0.3, 0.4) is 0 Å². The van der Waals surface area contributed by atoms with Crippen LogP contribution in [0.15, 0.2) is 48.2 Å². The third-order valence-electron chi connectivity index (χ3n) is 5.41. The molecule has 0 spiro atoms. The minimum absolute atomic E-state index is 0.0236. The van der Waals surface area contributed by atoms with Crippen molar-refractivity contribution in [3.63, 3.8) is 0 Å². The standard InChI is InChI=1S/C26H32N2O4/c1-16(2)15-28-24(29)22(17-8-13-20(31-6)21(14-17)32-7)23(25(28)30)27-19-11-9-18(10-12-19)26(3,4)5/h8-14,16,27H,15H2,1-7H3. The van der Waals surface area contributed by atoms with Crippen molar-refractivity contribution in [2.45, 2.75) is 40.0 Å². The van der Waals surface area contributed by atoms with Crippen LogP contribution in [0.1, 0.15) is 45.7 Å². The molecular formula is C26H32N2O4. The first-order valence-electron chi connectivity index (χ1n) is 10.8. The first kappa shape index (κ1) is 23.4. The molecule has 0 saturated heterocycles. The summed E-state index contributed by atoms with van der Waals surface area (Å²) in [6.07, 6.45) is 0. The highest BCUT2D eigenvalue weighted by atomic mass is 16.5. The number of nitrogens with one attached hydrogen (secondary N) is 1. The van der Waals surface area contributed by atoms with Crippen LogP contribution in [-0.4, -0.2) is 37.5 Å². The summed E-state index contributed by atoms with van der Waals surface area (Å²) >= 11 is 0. The maximum atomic E-state index is 13.3. The number of carbonyl (C=O) groups is 2. The lowest BCUT2D eigenvalue weighted by molar-refractivity contribution is -0.137. The molecule has 32 heavy (non-hydrogen) atoms. The van der Waals surface area contributed by atoms with Gasteiger partial charge in [0.1, 0.15) is 5.70 Å². The minimum Gasteiger partial charge on any atom is -0.493 e. The van der Waals surface area contributed by atoms with Gasteiger partial charge in [-0.1, -0.05) is 52.8 Å². The van der Waals surface area contributed by atoms with Gasteiger partial charge < -0.3 is 14.8 Å². The number of imide groups is 1. The Hall–Kier alpha value is -3.28. The highest BCUT2D eigenvalue weighted by Crippen LogP contribution is 2.36. The van der Waals surface area contributed by atoms with Crippen LogP contribution < -0.4 is 14.8 Å². The van der Waals surface area contributed by atoms with Gasteiger partial charge in [-0.3, -0.25) is 14.5 Å². The van der Waals surface area contributed by atoms with Gasteiger partial charge in [0.2, 0.25) is 0 Å². The maximum Gasteiger partial charge on any atom is 0.278 e. The normalized spacial score (nSPS) is 14.4. The molecule has 0 aliphatic carbocycles. The Labute approximate surface area is 190 Å². The maximum absolute atomic E-state index is 13.3. The van der Waals surface area contributed by atoms with Gasteiger partial charge in [-0.05, 0) is 46.7 Å². The number of methoxy groups -OCH3 is 2. The van der Waals surface area contributed by atoms with Crippen LogP contribution in [0.2, 0.25) is 0 Å². The van der Waals surface area contributed by atoms with Gasteiger partial charge in [-0.15, -0.1) is 0 Å². The Kier molecular flexibility index (Phi) is 6.63. The molecule has 0 aromatic heterocycles. The summed E-state index contributed by atoms with van der Waals surface area (Å²) in [5.41, 5.74) is 3.16. The molecule has 1 N–H and O–H groups in total. The fourth-order valence-corrected chi connectivity index (χ4v) is 3.68. The predicted octanol–water partition coefficient (Wildman–Crippen LogP) is 4.85. The van der Waals surface area contributed by atoms with E-state index in [0.29, 0.717) is 29.2 Å². The summed E-state index contributed by atoms with van der Waals surface area (Å²) in [7, 11) is 3.10. The van der Waals surface area contributed by atoms with E-state index in [1.54, 1.807) is 32.4 Å². The van der Waals surface area contributed by atoms with Gasteiger partial charge in [-0.2, -0.15) is 0 Å². The lowest BCUT2D eigenvalue weighted by atomic mass is 9.87. The van der Waals surface area contributed by atoms with E-state index in [0.717, 1.165) is 5.69 Å². The Morgan fingerprint density at radius 3 is 2.06 bits per heavy atom. The van der Waals surface area contributed by atoms with Gasteiger partial charge in [0.25, 0.3) is 11.8 Å². The summed E-state index contributed by atoms with van der Waals surface area (Å²) in [6, 6.07) is 13.2. The van der Waals surface area contributed by atoms with Crippen LogP contribution >= 0.6 is 0 Å². The molecule has 0 fully saturated rings. The monoisotopic (exact) mass is 436 g/mol. The van der Waals surface area contributed by atoms with Crippen molar-refractivity contribution in [3.8, 4) is 11.5 Å². The molecule has 170 valence electrons. The fraction of sp³-hybridized carbons (Fsp3) is 0.385. The largest absolute Gasteiger partial charge is 0.493 e. The van der Waals surface area contributed by atoms with Crippen molar-refractivity contribution in [3.05, 3.63) is 59.3 Å². The molecule has 3 rings (SSSR count). The number of carbonyl (C=O) groups excluding carboxylic acids is 2. The topological polar surface area (TPSA) is 67.9 Å². The quantitative estimate of drug-likeness (QED) is 0.629. The van der Waals surface area contributed by atoms with E-state index in [4.69, 9.17) is 9.47 Å². The van der Waals surface area contributed by atoms with Crippen LogP contribution in [0.5, 0.6) is 11.5 Å². The molecule has 2 aromatic rings. The van der Waals surface area contributed by atoms with Crippen molar-refractivity contribution < 1.29 is 19.1 Å². The number of anilines is 1. The summed E-state index contributed by atoms with van der Waals surface area (Å²) in [5.74, 6) is 0.562. The third kappa shape index (κ3) is 4.64. The predicted molar refractivity (Wildman–Crippen MR) is 127 cm³/mol. The number of nitrogens with zero attached hydrogens (tertiary/aromatic N) is 1. The Morgan fingerprint density at radius 1 is 0.906 bits per heavy atom. The zero-order chi connectivity index (χ0) is 23.6. The number of ether oxygens (including phenoxy) is 2. The molecule has 1 aliphatic rings. The number of hydrogen-bond acceptors (Lipinski definition) is 5. The summed E-state index contributed by atoms with van der Waals surface area (Å²) in [6.45, 7) is 10.8. The highest BCUT2D eigenvalue weighted by molar-refractivity contribution is 6.36. The first-order valence-corrected chi connectivity index (χ1v) is 10.8. The van der Waals surface area contributed by atoms with E-state index in [2.05, 4.69) is 26.1 Å². The molecule has 1 aliphatic heterocycles. The molecule has 0 saturated carbocycles. The van der Waals surface area contributed by atoms with Crippen LogP contribution in [-0.2, 0) is 15.0 Å². The second-order valence-electron chi connectivity index (χ2n) is 9.39.